The lowest BCUT2D eigenvalue weighted by molar-refractivity contribution is -0.129. The smallest absolute Gasteiger partial charge is 0.290 e. The lowest BCUT2D eigenvalue weighted by Gasteiger charge is -2.30. The van der Waals surface area contributed by atoms with E-state index >= 15 is 0 Å². The minimum atomic E-state index is -0.702. The van der Waals surface area contributed by atoms with Crippen molar-refractivity contribution >= 4 is 23.0 Å². The maximum Gasteiger partial charge on any atom is 0.290 e. The molecule has 204 valence electrons. The molecule has 8 nitrogen and oxygen atoms in total. The van der Waals surface area contributed by atoms with Crippen molar-refractivity contribution in [1.29, 1.82) is 0 Å². The van der Waals surface area contributed by atoms with Crippen LogP contribution in [0.2, 0.25) is 0 Å². The number of rotatable bonds is 10. The summed E-state index contributed by atoms with van der Waals surface area (Å²) in [7, 11) is 0. The molecule has 0 spiro atoms. The van der Waals surface area contributed by atoms with E-state index in [9.17, 15) is 14.7 Å². The Morgan fingerprint density at radius 3 is 2.51 bits per heavy atom. The van der Waals surface area contributed by atoms with Crippen molar-refractivity contribution in [3.8, 4) is 16.3 Å². The number of hydrogen-bond acceptors (Lipinski definition) is 8. The number of aryl methyl sites for hydroxylation is 1. The summed E-state index contributed by atoms with van der Waals surface area (Å²) in [5.74, 6) is -0.673. The van der Waals surface area contributed by atoms with Gasteiger partial charge in [0.05, 0.1) is 42.0 Å². The molecule has 1 fully saturated rings. The van der Waals surface area contributed by atoms with Crippen molar-refractivity contribution in [2.75, 3.05) is 46.0 Å². The van der Waals surface area contributed by atoms with E-state index in [2.05, 4.69) is 9.88 Å². The summed E-state index contributed by atoms with van der Waals surface area (Å²) < 4.78 is 11.0. The molecule has 5 rings (SSSR count). The number of carbonyl (C=O) groups is 2. The molecule has 0 radical (unpaired) electrons. The fourth-order valence-electron chi connectivity index (χ4n) is 5.10. The van der Waals surface area contributed by atoms with Gasteiger partial charge >= 0.3 is 0 Å². The highest BCUT2D eigenvalue weighted by atomic mass is 32.1. The van der Waals surface area contributed by atoms with Crippen LogP contribution < -0.4 is 4.74 Å². The highest BCUT2D eigenvalue weighted by molar-refractivity contribution is 7.17. The van der Waals surface area contributed by atoms with Crippen LogP contribution in [0.3, 0.4) is 0 Å². The lowest BCUT2D eigenvalue weighted by atomic mass is 9.95. The Morgan fingerprint density at radius 1 is 1.10 bits per heavy atom. The summed E-state index contributed by atoms with van der Waals surface area (Å²) in [4.78, 5) is 36.4. The first kappa shape index (κ1) is 27.1. The molecule has 0 aliphatic carbocycles. The number of amides is 1. The molecule has 1 saturated heterocycles. The van der Waals surface area contributed by atoms with Gasteiger partial charge in [-0.2, -0.15) is 0 Å². The predicted molar refractivity (Wildman–Crippen MR) is 150 cm³/mol. The summed E-state index contributed by atoms with van der Waals surface area (Å²) >= 11 is 1.28. The number of ketones is 1. The summed E-state index contributed by atoms with van der Waals surface area (Å²) in [5.41, 5.74) is 2.34. The van der Waals surface area contributed by atoms with Crippen LogP contribution in [0.1, 0.15) is 40.3 Å². The van der Waals surface area contributed by atoms with Crippen molar-refractivity contribution in [2.45, 2.75) is 26.3 Å². The van der Waals surface area contributed by atoms with Crippen LogP contribution in [0, 0.1) is 6.92 Å². The lowest BCUT2D eigenvalue weighted by Crippen LogP contribution is -2.39. The average molecular weight is 548 g/mol. The zero-order valence-corrected chi connectivity index (χ0v) is 23.1. The monoisotopic (exact) mass is 547 g/mol. The van der Waals surface area contributed by atoms with Crippen LogP contribution in [0.15, 0.2) is 65.9 Å². The number of thiazole rings is 1. The molecule has 0 saturated carbocycles. The molecule has 1 atom stereocenters. The molecule has 39 heavy (non-hydrogen) atoms. The fourth-order valence-corrected chi connectivity index (χ4v) is 6.12. The van der Waals surface area contributed by atoms with E-state index in [-0.39, 0.29) is 11.4 Å². The number of nitrogens with zero attached hydrogens (tertiary/aromatic N) is 3. The van der Waals surface area contributed by atoms with E-state index in [0.717, 1.165) is 35.8 Å². The number of aliphatic hydroxyl groups excluding tert-OH is 1. The van der Waals surface area contributed by atoms with Gasteiger partial charge < -0.3 is 19.5 Å². The van der Waals surface area contributed by atoms with Crippen molar-refractivity contribution in [3.63, 3.8) is 0 Å². The van der Waals surface area contributed by atoms with Crippen LogP contribution in [0.25, 0.3) is 10.6 Å². The topological polar surface area (TPSA) is 92.2 Å². The Hall–Kier alpha value is -3.53. The van der Waals surface area contributed by atoms with Gasteiger partial charge in [-0.3, -0.25) is 14.5 Å². The Labute approximate surface area is 232 Å². The van der Waals surface area contributed by atoms with Crippen molar-refractivity contribution in [1.82, 2.24) is 14.8 Å². The predicted octanol–water partition coefficient (Wildman–Crippen LogP) is 4.82. The van der Waals surface area contributed by atoms with Crippen LogP contribution in [0.4, 0.5) is 0 Å². The summed E-state index contributed by atoms with van der Waals surface area (Å²) in [5, 5.41) is 11.8. The summed E-state index contributed by atoms with van der Waals surface area (Å²) in [6.45, 7) is 8.58. The molecule has 1 amide bonds. The minimum absolute atomic E-state index is 0.0990. The maximum absolute atomic E-state index is 14.0. The van der Waals surface area contributed by atoms with Crippen LogP contribution in [-0.2, 0) is 9.53 Å². The Bertz CT molecular complexity index is 1350. The summed E-state index contributed by atoms with van der Waals surface area (Å²) in [6, 6.07) is 16.4. The van der Waals surface area contributed by atoms with Crippen LogP contribution in [0.5, 0.6) is 5.75 Å². The van der Waals surface area contributed by atoms with E-state index < -0.39 is 17.7 Å². The number of hydrogen-bond donors (Lipinski definition) is 1. The van der Waals surface area contributed by atoms with Crippen LogP contribution >= 0.6 is 11.3 Å². The van der Waals surface area contributed by atoms with Gasteiger partial charge in [0, 0.05) is 31.7 Å². The third-order valence-corrected chi connectivity index (χ3v) is 8.26. The number of carbonyl (C=O) groups excluding carboxylic acids is 2. The second-order valence-corrected chi connectivity index (χ2v) is 10.6. The van der Waals surface area contributed by atoms with Gasteiger partial charge in [-0.15, -0.1) is 11.3 Å². The van der Waals surface area contributed by atoms with Crippen molar-refractivity contribution in [2.24, 2.45) is 0 Å². The third-order valence-electron chi connectivity index (χ3n) is 7.06. The standard InChI is InChI=1S/C30H33N3O5S/c1-3-38-23-12-10-21(11-13-23)25-24(26(34)28-20(2)31-29(39-28)22-8-5-4-6-9-22)27(35)30(36)33(25)15-7-14-32-16-18-37-19-17-32/h4-6,8-13,25,35H,3,7,14-19H2,1-2H3. The molecule has 1 N–H and O–H groups in total. The molecule has 3 aromatic rings. The number of aromatic nitrogens is 1. The second-order valence-electron chi connectivity index (χ2n) is 9.60. The molecular formula is C30H33N3O5S. The number of Topliss-reactive ketones (excluding diaryl/α,β-unsaturated/α-hetero) is 1. The molecule has 0 bridgehead atoms. The number of benzene rings is 2. The van der Waals surface area contributed by atoms with E-state index in [1.807, 2.05) is 61.5 Å². The molecule has 1 unspecified atom stereocenters. The van der Waals surface area contributed by atoms with Gasteiger partial charge in [-0.1, -0.05) is 42.5 Å². The van der Waals surface area contributed by atoms with Gasteiger partial charge in [-0.05, 0) is 38.0 Å². The highest BCUT2D eigenvalue weighted by Gasteiger charge is 2.44. The highest BCUT2D eigenvalue weighted by Crippen LogP contribution is 2.41. The molecule has 2 aliphatic rings. The van der Waals surface area contributed by atoms with Gasteiger partial charge in [0.2, 0.25) is 5.78 Å². The average Bonchev–Trinajstić information content (AvgIpc) is 3.47. The zero-order valence-electron chi connectivity index (χ0n) is 22.3. The molecule has 3 heterocycles. The van der Waals surface area contributed by atoms with Gasteiger partial charge in [-0.25, -0.2) is 4.98 Å². The molecule has 1 aromatic heterocycles. The van der Waals surface area contributed by atoms with Crippen molar-refractivity contribution < 1.29 is 24.2 Å². The number of aliphatic hydroxyl groups is 1. The first-order valence-electron chi connectivity index (χ1n) is 13.3. The van der Waals surface area contributed by atoms with E-state index in [1.165, 1.54) is 11.3 Å². The van der Waals surface area contributed by atoms with Gasteiger partial charge in [0.1, 0.15) is 10.8 Å². The van der Waals surface area contributed by atoms with E-state index in [0.29, 0.717) is 49.1 Å². The molecule has 2 aliphatic heterocycles. The largest absolute Gasteiger partial charge is 0.503 e. The number of morpholine rings is 1. The third kappa shape index (κ3) is 5.75. The molecule has 9 heteroatoms. The van der Waals surface area contributed by atoms with Crippen LogP contribution in [-0.4, -0.2) is 77.6 Å². The first-order valence-corrected chi connectivity index (χ1v) is 14.1. The second kappa shape index (κ2) is 12.1. The van der Waals surface area contributed by atoms with Gasteiger partial charge in [0.15, 0.2) is 5.76 Å². The summed E-state index contributed by atoms with van der Waals surface area (Å²) in [6.07, 6.45) is 0.714. The Morgan fingerprint density at radius 2 is 1.82 bits per heavy atom. The first-order chi connectivity index (χ1) is 19.0. The fraction of sp³-hybridized carbons (Fsp3) is 0.367. The zero-order chi connectivity index (χ0) is 27.4. The maximum atomic E-state index is 14.0. The van der Waals surface area contributed by atoms with E-state index in [1.54, 1.807) is 11.8 Å². The Kier molecular flexibility index (Phi) is 8.40. The molecular weight excluding hydrogens is 514 g/mol. The quantitative estimate of drug-likeness (QED) is 0.364. The van der Waals surface area contributed by atoms with Crippen molar-refractivity contribution in [3.05, 3.63) is 82.1 Å². The molecule has 2 aromatic carbocycles. The Balaban J connectivity index is 1.45. The van der Waals surface area contributed by atoms with E-state index in [4.69, 9.17) is 9.47 Å². The normalized spacial score (nSPS) is 18.2. The number of ether oxygens (including phenoxy) is 2. The van der Waals surface area contributed by atoms with Gasteiger partial charge in [0.25, 0.3) is 5.91 Å². The SMILES string of the molecule is CCOc1ccc(C2C(C(=O)c3sc(-c4ccccc4)nc3C)=C(O)C(=O)N2CCCN2CCOCC2)cc1. The minimum Gasteiger partial charge on any atom is -0.503 e.